The number of hydrogen-bond acceptors (Lipinski definition) is 5. The van der Waals surface area contributed by atoms with Gasteiger partial charge in [0.25, 0.3) is 11.8 Å². The Balaban J connectivity index is 1.59. The first-order valence-electron chi connectivity index (χ1n) is 14.1. The number of carbonyl (C=O) groups is 2. The van der Waals surface area contributed by atoms with Crippen LogP contribution < -0.4 is 20.1 Å². The summed E-state index contributed by atoms with van der Waals surface area (Å²) in [6.07, 6.45) is 1.82. The maximum absolute atomic E-state index is 14.4. The number of ether oxygens (including phenoxy) is 2. The number of aliphatic hydroxyl groups excluding tert-OH is 1. The van der Waals surface area contributed by atoms with Crippen molar-refractivity contribution in [2.45, 2.75) is 43.7 Å². The maximum atomic E-state index is 14.4. The SMILES string of the molecule is C=CCN1C(=O)[C@@]2(O[C@@H](CCO)[C@H]([Si](C)(C)c3ccc(OC)cc3)[C@H]2C)c2cc(NC(=O)c3ccccc3)ccc21. The van der Waals surface area contributed by atoms with E-state index in [4.69, 9.17) is 9.47 Å². The van der Waals surface area contributed by atoms with Crippen LogP contribution in [0, 0.1) is 5.92 Å². The highest BCUT2D eigenvalue weighted by Gasteiger charge is 2.66. The molecule has 0 radical (unpaired) electrons. The molecule has 0 unspecified atom stereocenters. The number of carbonyl (C=O) groups excluding carboxylic acids is 2. The van der Waals surface area contributed by atoms with Gasteiger partial charge in [0.1, 0.15) is 5.75 Å². The summed E-state index contributed by atoms with van der Waals surface area (Å²) in [5.41, 5.74) is 1.43. The molecule has 41 heavy (non-hydrogen) atoms. The average Bonchev–Trinajstić information content (AvgIpc) is 3.40. The second-order valence-electron chi connectivity index (χ2n) is 11.4. The number of fused-ring (bicyclic) bond motifs is 2. The molecule has 2 N–H and O–H groups in total. The minimum absolute atomic E-state index is 0.0334. The molecule has 214 valence electrons. The number of nitrogens with one attached hydrogen (secondary N) is 1. The quantitative estimate of drug-likeness (QED) is 0.277. The summed E-state index contributed by atoms with van der Waals surface area (Å²) in [5.74, 6) is 0.249. The molecule has 2 amide bonds. The van der Waals surface area contributed by atoms with Crippen LogP contribution in [0.2, 0.25) is 18.6 Å². The van der Waals surface area contributed by atoms with Crippen molar-refractivity contribution < 1.29 is 24.2 Å². The van der Waals surface area contributed by atoms with Gasteiger partial charge in [0.15, 0.2) is 5.60 Å². The van der Waals surface area contributed by atoms with E-state index >= 15 is 0 Å². The van der Waals surface area contributed by atoms with Crippen molar-refractivity contribution in [3.05, 3.63) is 96.6 Å². The third kappa shape index (κ3) is 4.80. The van der Waals surface area contributed by atoms with Crippen LogP contribution in [-0.2, 0) is 15.1 Å². The summed E-state index contributed by atoms with van der Waals surface area (Å²) in [6.45, 7) is 10.9. The number of aliphatic hydroxyl groups is 1. The molecule has 3 aromatic carbocycles. The van der Waals surface area contributed by atoms with Crippen molar-refractivity contribution in [3.8, 4) is 5.75 Å². The van der Waals surface area contributed by atoms with Crippen molar-refractivity contribution in [1.82, 2.24) is 0 Å². The summed E-state index contributed by atoms with van der Waals surface area (Å²) in [4.78, 5) is 29.1. The van der Waals surface area contributed by atoms with Crippen molar-refractivity contribution in [2.24, 2.45) is 5.92 Å². The third-order valence-electron chi connectivity index (χ3n) is 8.85. The van der Waals surface area contributed by atoms with Crippen LogP contribution in [0.1, 0.15) is 29.3 Å². The molecule has 7 nitrogen and oxygen atoms in total. The van der Waals surface area contributed by atoms with Crippen molar-refractivity contribution in [2.75, 3.05) is 30.5 Å². The van der Waals surface area contributed by atoms with Gasteiger partial charge in [-0.2, -0.15) is 0 Å². The minimum atomic E-state index is -2.27. The topological polar surface area (TPSA) is 88.1 Å². The average molecular weight is 571 g/mol. The van der Waals surface area contributed by atoms with E-state index in [9.17, 15) is 14.7 Å². The minimum Gasteiger partial charge on any atom is -0.497 e. The van der Waals surface area contributed by atoms with Crippen LogP contribution >= 0.6 is 0 Å². The lowest BCUT2D eigenvalue weighted by atomic mass is 9.82. The first-order valence-corrected chi connectivity index (χ1v) is 17.1. The van der Waals surface area contributed by atoms with Crippen LogP contribution in [0.15, 0.2) is 85.5 Å². The Morgan fingerprint density at radius 3 is 2.49 bits per heavy atom. The molecule has 8 heteroatoms. The molecular formula is C33H38N2O5Si. The lowest BCUT2D eigenvalue weighted by Gasteiger charge is -2.37. The Hall–Kier alpha value is -3.72. The maximum Gasteiger partial charge on any atom is 0.264 e. The highest BCUT2D eigenvalue weighted by atomic mass is 28.3. The molecule has 0 aromatic heterocycles. The van der Waals surface area contributed by atoms with Crippen LogP contribution in [0.3, 0.4) is 0 Å². The molecule has 0 saturated carbocycles. The van der Waals surface area contributed by atoms with E-state index in [-0.39, 0.29) is 36.0 Å². The number of nitrogens with zero attached hydrogens (tertiary/aromatic N) is 1. The van der Waals surface area contributed by atoms with Crippen LogP contribution in [-0.4, -0.2) is 51.4 Å². The fraction of sp³-hybridized carbons (Fsp3) is 0.333. The normalized spacial score (nSPS) is 23.5. The number of rotatable bonds is 9. The first kappa shape index (κ1) is 28.8. The summed E-state index contributed by atoms with van der Waals surface area (Å²) in [6, 6.07) is 22.8. The van der Waals surface area contributed by atoms with Crippen molar-refractivity contribution in [3.63, 3.8) is 0 Å². The number of benzene rings is 3. The van der Waals surface area contributed by atoms with Gasteiger partial charge in [-0.3, -0.25) is 9.59 Å². The van der Waals surface area contributed by atoms with E-state index in [1.54, 1.807) is 30.2 Å². The molecule has 4 atom stereocenters. The molecular weight excluding hydrogens is 532 g/mol. The Morgan fingerprint density at radius 1 is 1.15 bits per heavy atom. The van der Waals surface area contributed by atoms with Gasteiger partial charge in [-0.25, -0.2) is 0 Å². The molecule has 1 saturated heterocycles. The Labute approximate surface area is 242 Å². The van der Waals surface area contributed by atoms with Gasteiger partial charge in [0.05, 0.1) is 27.0 Å². The largest absolute Gasteiger partial charge is 0.497 e. The Kier molecular flexibility index (Phi) is 7.92. The highest BCUT2D eigenvalue weighted by molar-refractivity contribution is 6.91. The summed E-state index contributed by atoms with van der Waals surface area (Å²) in [5, 5.41) is 14.3. The molecule has 0 bridgehead atoms. The number of hydrogen-bond donors (Lipinski definition) is 2. The zero-order valence-corrected chi connectivity index (χ0v) is 25.1. The fourth-order valence-electron chi connectivity index (χ4n) is 6.89. The monoisotopic (exact) mass is 570 g/mol. The summed E-state index contributed by atoms with van der Waals surface area (Å²) < 4.78 is 12.3. The van der Waals surface area contributed by atoms with Gasteiger partial charge < -0.3 is 24.8 Å². The highest BCUT2D eigenvalue weighted by Crippen LogP contribution is 2.60. The van der Waals surface area contributed by atoms with E-state index in [1.807, 2.05) is 48.5 Å². The number of amides is 2. The van der Waals surface area contributed by atoms with Gasteiger partial charge in [-0.15, -0.1) is 6.58 Å². The van der Waals surface area contributed by atoms with Crippen LogP contribution in [0.25, 0.3) is 0 Å². The zero-order chi connectivity index (χ0) is 29.4. The van der Waals surface area contributed by atoms with E-state index in [2.05, 4.69) is 44.0 Å². The van der Waals surface area contributed by atoms with Gasteiger partial charge in [0, 0.05) is 35.9 Å². The lowest BCUT2D eigenvalue weighted by Crippen LogP contribution is -2.51. The van der Waals surface area contributed by atoms with Crippen molar-refractivity contribution >= 4 is 36.4 Å². The lowest BCUT2D eigenvalue weighted by molar-refractivity contribution is -0.146. The zero-order valence-electron chi connectivity index (χ0n) is 24.1. The summed E-state index contributed by atoms with van der Waals surface area (Å²) >= 11 is 0. The van der Waals surface area contributed by atoms with Gasteiger partial charge in [0.2, 0.25) is 0 Å². The van der Waals surface area contributed by atoms with Crippen LogP contribution in [0.4, 0.5) is 11.4 Å². The molecule has 3 aromatic rings. The third-order valence-corrected chi connectivity index (χ3v) is 13.2. The van der Waals surface area contributed by atoms with E-state index in [1.165, 1.54) is 5.19 Å². The number of methoxy groups -OCH3 is 1. The van der Waals surface area contributed by atoms with Crippen LogP contribution in [0.5, 0.6) is 5.75 Å². The molecule has 2 aliphatic rings. The van der Waals surface area contributed by atoms with E-state index in [0.717, 1.165) is 17.0 Å². The van der Waals surface area contributed by atoms with Gasteiger partial charge in [-0.05, 0) is 54.4 Å². The fourth-order valence-corrected chi connectivity index (χ4v) is 11.0. The Bertz CT molecular complexity index is 1440. The van der Waals surface area contributed by atoms with E-state index < -0.39 is 13.7 Å². The predicted octanol–water partition coefficient (Wildman–Crippen LogP) is 5.08. The molecule has 5 rings (SSSR count). The predicted molar refractivity (Wildman–Crippen MR) is 165 cm³/mol. The molecule has 2 heterocycles. The molecule has 1 fully saturated rings. The molecule has 0 aliphatic carbocycles. The van der Waals surface area contributed by atoms with Crippen molar-refractivity contribution in [1.29, 1.82) is 0 Å². The second kappa shape index (κ2) is 11.3. The van der Waals surface area contributed by atoms with E-state index in [0.29, 0.717) is 24.2 Å². The van der Waals surface area contributed by atoms with Gasteiger partial charge in [-0.1, -0.05) is 61.6 Å². The Morgan fingerprint density at radius 2 is 1.85 bits per heavy atom. The van der Waals surface area contributed by atoms with Gasteiger partial charge >= 0.3 is 0 Å². The summed E-state index contributed by atoms with van der Waals surface area (Å²) in [7, 11) is -0.614. The molecule has 1 spiro atoms. The first-order chi connectivity index (χ1) is 19.7. The smallest absolute Gasteiger partial charge is 0.264 e. The molecule has 2 aliphatic heterocycles. The second-order valence-corrected chi connectivity index (χ2v) is 16.1. The standard InChI is InChI=1S/C33H38N2O5Si/c1-6-19-35-28-17-12-24(34-31(37)23-10-8-7-9-11-23)21-27(28)33(32(35)38)22(2)30(29(40-33)18-20-36)41(4,5)26-15-13-25(39-3)14-16-26/h6-17,21-22,29-30,36H,1,18-20H2,2-5H3,(H,34,37)/t22-,29+,30-,33+/m1/s1. The number of anilines is 2.